The fourth-order valence-electron chi connectivity index (χ4n) is 8.92. The number of fused-ring (bicyclic) bond motifs is 1. The van der Waals surface area contributed by atoms with Gasteiger partial charge in [-0.1, -0.05) is 84.9 Å². The lowest BCUT2D eigenvalue weighted by atomic mass is 9.86. The highest BCUT2D eigenvalue weighted by atomic mass is 16.6. The molecule has 7 N–H and O–H groups in total. The lowest BCUT2D eigenvalue weighted by Crippen LogP contribution is -2.54. The van der Waals surface area contributed by atoms with Crippen molar-refractivity contribution in [3.8, 4) is 17.2 Å². The molecular formula is C53H57N5O10. The van der Waals surface area contributed by atoms with Gasteiger partial charge in [0.1, 0.15) is 17.2 Å². The van der Waals surface area contributed by atoms with Gasteiger partial charge in [0.15, 0.2) is 6.61 Å². The zero-order chi connectivity index (χ0) is 47.6. The van der Waals surface area contributed by atoms with E-state index < -0.39 is 17.7 Å². The Hall–Kier alpha value is -7.04. The summed E-state index contributed by atoms with van der Waals surface area (Å²) < 4.78 is 17.3. The second-order valence-corrected chi connectivity index (χ2v) is 17.6. The highest BCUT2D eigenvalue weighted by Gasteiger charge is 2.42. The summed E-state index contributed by atoms with van der Waals surface area (Å²) in [5, 5.41) is 43.0. The number of H-pyrrole nitrogens is 1. The summed E-state index contributed by atoms with van der Waals surface area (Å²) in [7, 11) is 1.48. The minimum atomic E-state index is -2.12. The van der Waals surface area contributed by atoms with Gasteiger partial charge in [-0.15, -0.1) is 0 Å². The smallest absolute Gasteiger partial charge is 0.347 e. The molecule has 2 amide bonds. The first-order chi connectivity index (χ1) is 33.0. The topological polar surface area (TPSA) is 212 Å². The van der Waals surface area contributed by atoms with Crippen molar-refractivity contribution in [3.05, 3.63) is 171 Å². The van der Waals surface area contributed by atoms with Gasteiger partial charge in [0.05, 0.1) is 30.9 Å². The third kappa shape index (κ3) is 11.4. The fraction of sp³-hybridized carbons (Fsp3) is 0.321. The van der Waals surface area contributed by atoms with Crippen LogP contribution >= 0.6 is 0 Å². The number of nitrogens with one attached hydrogen (secondary N) is 4. The number of hydrogen-bond acceptors (Lipinski definition) is 12. The van der Waals surface area contributed by atoms with Crippen molar-refractivity contribution in [3.63, 3.8) is 0 Å². The standard InChI is InChI=1S/C53H57N5O10/c1-66-47-25-36(29-54-30-46(60)42-17-19-45(59)50-43(42)18-20-48(61)57-50)15-16-44(47)51(63)56-40-27-39(28-40)55-49(62)33-67-41-14-8-13-38(26-41)53(65,37-11-6-3-7-12-37)52(64)68-32-35-21-23-58(24-22-35)31-34-9-4-2-5-10-34/h2-20,25-26,35,39-40,46,54,59-60,65H,21-24,27-33H2,1H3,(H,55,62)(H,56,63)(H,57,61)/t39?,40?,46-,53-/m0/s1. The van der Waals surface area contributed by atoms with E-state index in [0.717, 1.165) is 38.0 Å². The molecule has 1 aliphatic heterocycles. The Labute approximate surface area is 394 Å². The van der Waals surface area contributed by atoms with Crippen LogP contribution in [-0.4, -0.2) is 95.0 Å². The molecule has 1 aromatic heterocycles. The first-order valence-corrected chi connectivity index (χ1v) is 22.9. The van der Waals surface area contributed by atoms with Crippen LogP contribution in [0.25, 0.3) is 10.9 Å². The summed E-state index contributed by atoms with van der Waals surface area (Å²) in [6, 6.07) is 36.3. The number of phenolic OH excluding ortho intramolecular Hbond substituents is 1. The van der Waals surface area contributed by atoms with Gasteiger partial charge in [-0.25, -0.2) is 4.79 Å². The number of aliphatic hydroxyl groups excluding tert-OH is 1. The first kappa shape index (κ1) is 47.5. The second kappa shape index (κ2) is 21.7. The number of nitrogens with zero attached hydrogens (tertiary/aromatic N) is 1. The molecule has 0 unspecified atom stereocenters. The molecule has 2 aliphatic rings. The number of benzene rings is 5. The van der Waals surface area contributed by atoms with Crippen molar-refractivity contribution < 1.29 is 43.9 Å². The number of aromatic amines is 1. The number of phenols is 1. The molecule has 15 nitrogen and oxygen atoms in total. The summed E-state index contributed by atoms with van der Waals surface area (Å²) in [5.41, 5.74) is 1.37. The van der Waals surface area contributed by atoms with Gasteiger partial charge < -0.3 is 50.5 Å². The van der Waals surface area contributed by atoms with Crippen molar-refractivity contribution in [2.45, 2.75) is 62.6 Å². The first-order valence-electron chi connectivity index (χ1n) is 22.9. The summed E-state index contributed by atoms with van der Waals surface area (Å²) in [5.74, 6) is -0.694. The number of hydrogen-bond donors (Lipinski definition) is 7. The normalized spacial score (nSPS) is 17.6. The zero-order valence-corrected chi connectivity index (χ0v) is 37.9. The van der Waals surface area contributed by atoms with Crippen LogP contribution in [0.3, 0.4) is 0 Å². The molecule has 1 saturated heterocycles. The van der Waals surface area contributed by atoms with E-state index in [9.17, 15) is 34.5 Å². The number of pyridine rings is 1. The average molecular weight is 924 g/mol. The van der Waals surface area contributed by atoms with E-state index in [1.807, 2.05) is 18.2 Å². The average Bonchev–Trinajstić information content (AvgIpc) is 3.35. The quantitative estimate of drug-likeness (QED) is 0.0522. The lowest BCUT2D eigenvalue weighted by molar-refractivity contribution is -0.164. The molecule has 1 saturated carbocycles. The predicted molar refractivity (Wildman–Crippen MR) is 255 cm³/mol. The van der Waals surface area contributed by atoms with E-state index in [-0.39, 0.29) is 72.0 Å². The molecule has 2 atom stereocenters. The minimum Gasteiger partial charge on any atom is -0.506 e. The monoisotopic (exact) mass is 923 g/mol. The Morgan fingerprint density at radius 2 is 1.54 bits per heavy atom. The van der Waals surface area contributed by atoms with Crippen LogP contribution in [0.4, 0.5) is 0 Å². The Kier molecular flexibility index (Phi) is 15.2. The number of methoxy groups -OCH3 is 1. The Bertz CT molecular complexity index is 2760. The number of amides is 2. The maximum atomic E-state index is 13.9. The molecule has 354 valence electrons. The van der Waals surface area contributed by atoms with E-state index in [1.54, 1.807) is 84.9 Å². The summed E-state index contributed by atoms with van der Waals surface area (Å²) in [4.78, 5) is 56.9. The molecule has 0 bridgehead atoms. The Balaban J connectivity index is 0.783. The summed E-state index contributed by atoms with van der Waals surface area (Å²) >= 11 is 0. The molecule has 2 heterocycles. The maximum Gasteiger partial charge on any atom is 0.347 e. The van der Waals surface area contributed by atoms with Crippen molar-refractivity contribution in [2.24, 2.45) is 5.92 Å². The molecule has 15 heteroatoms. The second-order valence-electron chi connectivity index (χ2n) is 17.6. The third-order valence-electron chi connectivity index (χ3n) is 12.8. The number of rotatable bonds is 19. The molecule has 5 aromatic carbocycles. The van der Waals surface area contributed by atoms with Crippen molar-refractivity contribution >= 4 is 28.7 Å². The van der Waals surface area contributed by atoms with Gasteiger partial charge in [0.2, 0.25) is 11.2 Å². The number of likely N-dealkylation sites (tertiary alicyclic amines) is 1. The van der Waals surface area contributed by atoms with Gasteiger partial charge in [0.25, 0.3) is 11.8 Å². The van der Waals surface area contributed by atoms with Crippen LogP contribution in [0, 0.1) is 5.92 Å². The molecule has 68 heavy (non-hydrogen) atoms. The third-order valence-corrected chi connectivity index (χ3v) is 12.8. The maximum absolute atomic E-state index is 13.9. The minimum absolute atomic E-state index is 0.0855. The van der Waals surface area contributed by atoms with Gasteiger partial charge >= 0.3 is 5.97 Å². The molecular weight excluding hydrogens is 867 g/mol. The van der Waals surface area contributed by atoms with Crippen molar-refractivity contribution in [2.75, 3.05) is 40.0 Å². The number of aromatic nitrogens is 1. The number of aliphatic hydroxyl groups is 2. The number of aromatic hydroxyl groups is 1. The molecule has 0 radical (unpaired) electrons. The van der Waals surface area contributed by atoms with Crippen LogP contribution in [0.15, 0.2) is 132 Å². The SMILES string of the molecule is COc1cc(CNC[C@H](O)c2ccc(O)c3[nH]c(=O)ccc23)ccc1C(=O)NC1CC(NC(=O)COc2cccc([C@](O)(C(=O)OCC3CCN(Cc4ccccc4)CC3)c3ccccc3)c2)C1. The van der Waals surface area contributed by atoms with Crippen LogP contribution in [-0.2, 0) is 33.0 Å². The van der Waals surface area contributed by atoms with E-state index in [2.05, 4.69) is 38.0 Å². The van der Waals surface area contributed by atoms with E-state index in [0.29, 0.717) is 53.0 Å². The summed E-state index contributed by atoms with van der Waals surface area (Å²) in [6.45, 7) is 3.09. The Morgan fingerprint density at radius 1 is 0.824 bits per heavy atom. The van der Waals surface area contributed by atoms with E-state index in [4.69, 9.17) is 14.2 Å². The van der Waals surface area contributed by atoms with E-state index in [1.165, 1.54) is 24.8 Å². The van der Waals surface area contributed by atoms with Gasteiger partial charge in [-0.05, 0) is 103 Å². The molecule has 0 spiro atoms. The van der Waals surface area contributed by atoms with Crippen LogP contribution in [0.2, 0.25) is 0 Å². The zero-order valence-electron chi connectivity index (χ0n) is 37.9. The number of esters is 1. The van der Waals surface area contributed by atoms with Crippen LogP contribution < -0.4 is 31.0 Å². The van der Waals surface area contributed by atoms with E-state index >= 15 is 0 Å². The largest absolute Gasteiger partial charge is 0.506 e. The van der Waals surface area contributed by atoms with Crippen molar-refractivity contribution in [1.29, 1.82) is 0 Å². The van der Waals surface area contributed by atoms with Crippen molar-refractivity contribution in [1.82, 2.24) is 25.8 Å². The van der Waals surface area contributed by atoms with Crippen LogP contribution in [0.5, 0.6) is 17.2 Å². The van der Waals surface area contributed by atoms with Crippen LogP contribution in [0.1, 0.15) is 70.0 Å². The number of carbonyl (C=O) groups excluding carboxylic acids is 3. The van der Waals surface area contributed by atoms with Gasteiger partial charge in [-0.3, -0.25) is 19.3 Å². The van der Waals surface area contributed by atoms with Gasteiger partial charge in [0, 0.05) is 48.7 Å². The highest BCUT2D eigenvalue weighted by Crippen LogP contribution is 2.34. The predicted octanol–water partition coefficient (Wildman–Crippen LogP) is 5.21. The molecule has 1 aliphatic carbocycles. The van der Waals surface area contributed by atoms with Gasteiger partial charge in [-0.2, -0.15) is 0 Å². The highest BCUT2D eigenvalue weighted by molar-refractivity contribution is 5.97. The number of carbonyl (C=O) groups is 3. The molecule has 6 aromatic rings. The summed E-state index contributed by atoms with van der Waals surface area (Å²) in [6.07, 6.45) is 1.86. The number of piperidine rings is 1. The fourth-order valence-corrected chi connectivity index (χ4v) is 8.92. The Morgan fingerprint density at radius 3 is 2.29 bits per heavy atom. The molecule has 2 fully saturated rings. The number of ether oxygens (including phenoxy) is 3. The lowest BCUT2D eigenvalue weighted by Gasteiger charge is -2.36. The molecule has 8 rings (SSSR count).